The van der Waals surface area contributed by atoms with Crippen LogP contribution in [0.2, 0.25) is 0 Å². The molecule has 0 radical (unpaired) electrons. The Bertz CT molecular complexity index is 815. The first kappa shape index (κ1) is 18.3. The summed E-state index contributed by atoms with van der Waals surface area (Å²) in [6.45, 7) is 7.69. The Labute approximate surface area is 147 Å². The van der Waals surface area contributed by atoms with Gasteiger partial charge < -0.3 is 14.9 Å². The van der Waals surface area contributed by atoms with E-state index in [2.05, 4.69) is 6.58 Å². The van der Waals surface area contributed by atoms with E-state index in [0.717, 1.165) is 0 Å². The molecule has 2 N–H and O–H groups in total. The normalized spacial score (nSPS) is 11.5. The number of methoxy groups -OCH3 is 1. The minimum absolute atomic E-state index is 0.108. The van der Waals surface area contributed by atoms with Crippen molar-refractivity contribution in [3.8, 4) is 17.2 Å². The molecule has 0 aliphatic carbocycles. The van der Waals surface area contributed by atoms with Gasteiger partial charge in [-0.05, 0) is 42.5 Å². The third-order valence-corrected chi connectivity index (χ3v) is 4.12. The zero-order valence-corrected chi connectivity index (χ0v) is 14.6. The second kappa shape index (κ2) is 7.26. The van der Waals surface area contributed by atoms with Crippen LogP contribution >= 0.6 is 0 Å². The van der Waals surface area contributed by atoms with E-state index < -0.39 is 5.41 Å². The summed E-state index contributed by atoms with van der Waals surface area (Å²) in [5, 5.41) is 19.5. The fraction of sp³-hybridized carbons (Fsp3) is 0.190. The van der Waals surface area contributed by atoms with Crippen LogP contribution < -0.4 is 4.74 Å². The topological polar surface area (TPSA) is 66.8 Å². The highest BCUT2D eigenvalue weighted by molar-refractivity contribution is 6.07. The monoisotopic (exact) mass is 338 g/mol. The third-order valence-electron chi connectivity index (χ3n) is 4.12. The number of aromatic hydroxyl groups is 2. The lowest BCUT2D eigenvalue weighted by Crippen LogP contribution is -2.13. The number of ketones is 1. The Morgan fingerprint density at radius 2 is 1.80 bits per heavy atom. The number of hydrogen-bond acceptors (Lipinski definition) is 4. The minimum Gasteiger partial charge on any atom is -0.508 e. The van der Waals surface area contributed by atoms with Crippen molar-refractivity contribution in [2.45, 2.75) is 19.3 Å². The molecule has 0 aliphatic rings. The first-order valence-corrected chi connectivity index (χ1v) is 7.85. The molecule has 2 aromatic carbocycles. The molecule has 0 spiro atoms. The second-order valence-electron chi connectivity index (χ2n) is 6.28. The highest BCUT2D eigenvalue weighted by Crippen LogP contribution is 2.37. The van der Waals surface area contributed by atoms with Gasteiger partial charge in [-0.25, -0.2) is 0 Å². The van der Waals surface area contributed by atoms with E-state index in [1.54, 1.807) is 30.4 Å². The molecule has 2 rings (SSSR count). The Balaban J connectivity index is 2.40. The molecule has 0 bridgehead atoms. The van der Waals surface area contributed by atoms with Crippen molar-refractivity contribution in [1.82, 2.24) is 0 Å². The van der Waals surface area contributed by atoms with Gasteiger partial charge in [0.2, 0.25) is 0 Å². The number of rotatable bonds is 6. The van der Waals surface area contributed by atoms with Gasteiger partial charge in [-0.1, -0.05) is 19.9 Å². The Morgan fingerprint density at radius 3 is 2.36 bits per heavy atom. The number of carbonyl (C=O) groups is 1. The third kappa shape index (κ3) is 4.10. The summed E-state index contributed by atoms with van der Waals surface area (Å²) in [5.41, 5.74) is 1.41. The molecule has 4 nitrogen and oxygen atoms in total. The molecule has 0 amide bonds. The number of ether oxygens (including phenoxy) is 1. The zero-order chi connectivity index (χ0) is 18.6. The van der Waals surface area contributed by atoms with Gasteiger partial charge in [0.05, 0.1) is 7.11 Å². The Morgan fingerprint density at radius 1 is 1.16 bits per heavy atom. The number of phenolic OH excluding ortho intramolecular Hbond substituents is 2. The summed E-state index contributed by atoms with van der Waals surface area (Å²) in [6.07, 6.45) is 4.84. The molecule has 2 aromatic rings. The SMILES string of the molecule is C=CC(C)(C)c1cc(/C=C\C(=O)c2ccc(O)cc2)c(OC)cc1O. The average molecular weight is 338 g/mol. The van der Waals surface area contributed by atoms with Crippen LogP contribution in [-0.2, 0) is 5.41 Å². The average Bonchev–Trinajstić information content (AvgIpc) is 2.60. The van der Waals surface area contributed by atoms with E-state index in [1.807, 2.05) is 13.8 Å². The molecular formula is C21H22O4. The number of benzene rings is 2. The fourth-order valence-corrected chi connectivity index (χ4v) is 2.41. The van der Waals surface area contributed by atoms with Gasteiger partial charge in [0.15, 0.2) is 5.78 Å². The van der Waals surface area contributed by atoms with E-state index in [-0.39, 0.29) is 17.3 Å². The van der Waals surface area contributed by atoms with Crippen molar-refractivity contribution < 1.29 is 19.7 Å². The maximum absolute atomic E-state index is 12.3. The van der Waals surface area contributed by atoms with Gasteiger partial charge >= 0.3 is 0 Å². The van der Waals surface area contributed by atoms with E-state index in [0.29, 0.717) is 22.4 Å². The first-order valence-electron chi connectivity index (χ1n) is 7.85. The van der Waals surface area contributed by atoms with Gasteiger partial charge in [0.1, 0.15) is 17.2 Å². The van der Waals surface area contributed by atoms with E-state index >= 15 is 0 Å². The lowest BCUT2D eigenvalue weighted by atomic mass is 9.83. The standard InChI is InChI=1S/C21H22O4/c1-5-21(2,3)17-12-15(20(25-4)13-19(17)24)8-11-18(23)14-6-9-16(22)10-7-14/h5-13,22,24H,1H2,2-4H3/b11-8-. The predicted molar refractivity (Wildman–Crippen MR) is 99.4 cm³/mol. The Kier molecular flexibility index (Phi) is 5.32. The first-order chi connectivity index (χ1) is 11.8. The minimum atomic E-state index is -0.431. The van der Waals surface area contributed by atoms with Gasteiger partial charge in [-0.2, -0.15) is 0 Å². The molecule has 4 heteroatoms. The quantitative estimate of drug-likeness (QED) is 0.463. The van der Waals surface area contributed by atoms with E-state index in [1.165, 1.54) is 31.4 Å². The van der Waals surface area contributed by atoms with Crippen molar-refractivity contribution in [1.29, 1.82) is 0 Å². The van der Waals surface area contributed by atoms with Gasteiger partial charge in [-0.3, -0.25) is 4.79 Å². The highest BCUT2D eigenvalue weighted by Gasteiger charge is 2.22. The number of hydrogen-bond donors (Lipinski definition) is 2. The largest absolute Gasteiger partial charge is 0.508 e. The van der Waals surface area contributed by atoms with Crippen molar-refractivity contribution in [3.63, 3.8) is 0 Å². The van der Waals surface area contributed by atoms with Crippen LogP contribution in [0, 0.1) is 0 Å². The number of carbonyl (C=O) groups excluding carboxylic acids is 1. The second-order valence-corrected chi connectivity index (χ2v) is 6.28. The smallest absolute Gasteiger partial charge is 0.185 e. The molecule has 0 aromatic heterocycles. The highest BCUT2D eigenvalue weighted by atomic mass is 16.5. The van der Waals surface area contributed by atoms with Crippen LogP contribution in [0.1, 0.15) is 35.3 Å². The Hall–Kier alpha value is -3.01. The molecule has 0 heterocycles. The van der Waals surface area contributed by atoms with Crippen LogP contribution in [0.5, 0.6) is 17.2 Å². The van der Waals surface area contributed by atoms with Crippen molar-refractivity contribution in [2.24, 2.45) is 0 Å². The summed E-state index contributed by atoms with van der Waals surface area (Å²) < 4.78 is 5.30. The van der Waals surface area contributed by atoms with Gasteiger partial charge in [0.25, 0.3) is 0 Å². The summed E-state index contributed by atoms with van der Waals surface area (Å²) in [5.74, 6) is 0.497. The predicted octanol–water partition coefficient (Wildman–Crippen LogP) is 4.47. The van der Waals surface area contributed by atoms with Crippen LogP contribution in [0.3, 0.4) is 0 Å². The van der Waals surface area contributed by atoms with Crippen molar-refractivity contribution >= 4 is 11.9 Å². The van der Waals surface area contributed by atoms with Crippen molar-refractivity contribution in [2.75, 3.05) is 7.11 Å². The number of phenols is 2. The van der Waals surface area contributed by atoms with Gasteiger partial charge in [-0.15, -0.1) is 6.58 Å². The molecule has 0 fully saturated rings. The van der Waals surface area contributed by atoms with E-state index in [4.69, 9.17) is 4.74 Å². The van der Waals surface area contributed by atoms with Crippen LogP contribution in [0.4, 0.5) is 0 Å². The molecule has 0 unspecified atom stereocenters. The molecule has 25 heavy (non-hydrogen) atoms. The number of allylic oxidation sites excluding steroid dienone is 2. The fourth-order valence-electron chi connectivity index (χ4n) is 2.41. The van der Waals surface area contributed by atoms with Gasteiger partial charge in [0, 0.05) is 28.2 Å². The van der Waals surface area contributed by atoms with Crippen LogP contribution in [0.25, 0.3) is 6.08 Å². The molecular weight excluding hydrogens is 316 g/mol. The lowest BCUT2D eigenvalue weighted by molar-refractivity contribution is 0.104. The molecule has 130 valence electrons. The van der Waals surface area contributed by atoms with Crippen LogP contribution in [0.15, 0.2) is 55.1 Å². The summed E-state index contributed by atoms with van der Waals surface area (Å²) in [7, 11) is 1.51. The lowest BCUT2D eigenvalue weighted by Gasteiger charge is -2.23. The maximum Gasteiger partial charge on any atom is 0.185 e. The van der Waals surface area contributed by atoms with Crippen LogP contribution in [-0.4, -0.2) is 23.1 Å². The molecule has 0 aliphatic heterocycles. The summed E-state index contributed by atoms with van der Waals surface area (Å²) >= 11 is 0. The summed E-state index contributed by atoms with van der Waals surface area (Å²) in [4.78, 5) is 12.3. The molecule has 0 saturated heterocycles. The van der Waals surface area contributed by atoms with E-state index in [9.17, 15) is 15.0 Å². The summed E-state index contributed by atoms with van der Waals surface area (Å²) in [6, 6.07) is 9.37. The zero-order valence-electron chi connectivity index (χ0n) is 14.6. The van der Waals surface area contributed by atoms with Crippen molar-refractivity contribution in [3.05, 3.63) is 71.8 Å². The molecule has 0 saturated carbocycles. The molecule has 0 atom stereocenters. The maximum atomic E-state index is 12.3.